The summed E-state index contributed by atoms with van der Waals surface area (Å²) in [7, 11) is 1.37. The quantitative estimate of drug-likeness (QED) is 0.780. The molecule has 3 aliphatic rings. The Morgan fingerprint density at radius 2 is 1.79 bits per heavy atom. The van der Waals surface area contributed by atoms with Crippen molar-refractivity contribution in [1.82, 2.24) is 9.80 Å². The number of carbonyl (C=O) groups is 3. The Bertz CT molecular complexity index is 795. The van der Waals surface area contributed by atoms with Crippen molar-refractivity contribution < 1.29 is 23.9 Å². The summed E-state index contributed by atoms with van der Waals surface area (Å²) in [4.78, 5) is 40.5. The summed E-state index contributed by atoms with van der Waals surface area (Å²) in [5.41, 5.74) is 0.132. The number of anilines is 1. The molecular weight excluding hydrogens is 374 g/mol. The van der Waals surface area contributed by atoms with Gasteiger partial charge in [0.05, 0.1) is 19.2 Å². The van der Waals surface area contributed by atoms with E-state index in [1.54, 1.807) is 4.90 Å². The first-order chi connectivity index (χ1) is 14.0. The van der Waals surface area contributed by atoms with E-state index in [1.165, 1.54) is 7.11 Å². The molecule has 0 bridgehead atoms. The molecule has 3 heterocycles. The molecular formula is C21H27N3O5. The van der Waals surface area contributed by atoms with Crippen molar-refractivity contribution in [3.63, 3.8) is 0 Å². The van der Waals surface area contributed by atoms with Gasteiger partial charge in [-0.2, -0.15) is 0 Å². The summed E-state index contributed by atoms with van der Waals surface area (Å²) in [6.45, 7) is 2.23. The number of piperidine rings is 2. The molecule has 8 heteroatoms. The number of methoxy groups -OCH3 is 1. The summed E-state index contributed by atoms with van der Waals surface area (Å²) in [6, 6.07) is 7.47. The van der Waals surface area contributed by atoms with E-state index in [9.17, 15) is 14.4 Å². The van der Waals surface area contributed by atoms with Gasteiger partial charge in [0.15, 0.2) is 0 Å². The summed E-state index contributed by atoms with van der Waals surface area (Å²) in [5.74, 6) is 0.713. The molecule has 0 aliphatic carbocycles. The maximum Gasteiger partial charge on any atom is 0.409 e. The minimum atomic E-state index is -0.568. The number of benzene rings is 1. The normalized spacial score (nSPS) is 21.6. The molecule has 0 aromatic heterocycles. The number of nitrogens with zero attached hydrogens (tertiary/aromatic N) is 2. The van der Waals surface area contributed by atoms with Crippen LogP contribution in [0.1, 0.15) is 32.1 Å². The molecule has 1 spiro atoms. The topological polar surface area (TPSA) is 88.2 Å². The van der Waals surface area contributed by atoms with Gasteiger partial charge in [-0.25, -0.2) is 4.79 Å². The first-order valence-electron chi connectivity index (χ1n) is 10.2. The molecule has 8 nitrogen and oxygen atoms in total. The van der Waals surface area contributed by atoms with Crippen molar-refractivity contribution in [3.05, 3.63) is 24.3 Å². The highest BCUT2D eigenvalue weighted by molar-refractivity contribution is 5.93. The van der Waals surface area contributed by atoms with E-state index in [1.807, 2.05) is 29.2 Å². The highest BCUT2D eigenvalue weighted by atomic mass is 16.5. The van der Waals surface area contributed by atoms with Crippen LogP contribution in [0.4, 0.5) is 10.5 Å². The second kappa shape index (κ2) is 7.93. The van der Waals surface area contributed by atoms with Crippen LogP contribution in [0.3, 0.4) is 0 Å². The third-order valence-electron chi connectivity index (χ3n) is 6.23. The molecule has 29 heavy (non-hydrogen) atoms. The second-order valence-corrected chi connectivity index (χ2v) is 8.06. The Labute approximate surface area is 170 Å². The first kappa shape index (κ1) is 19.5. The summed E-state index contributed by atoms with van der Waals surface area (Å²) in [6.07, 6.45) is 2.52. The Morgan fingerprint density at radius 3 is 2.48 bits per heavy atom. The number of hydrogen-bond donors (Lipinski definition) is 1. The number of nitrogens with one attached hydrogen (secondary N) is 1. The van der Waals surface area contributed by atoms with Gasteiger partial charge in [-0.15, -0.1) is 0 Å². The third-order valence-corrected chi connectivity index (χ3v) is 6.23. The zero-order chi connectivity index (χ0) is 20.4. The highest BCUT2D eigenvalue weighted by Gasteiger charge is 2.43. The molecule has 1 aromatic rings. The van der Waals surface area contributed by atoms with Gasteiger partial charge in [-0.05, 0) is 25.0 Å². The molecule has 2 fully saturated rings. The number of fused-ring (bicyclic) bond motifs is 1. The van der Waals surface area contributed by atoms with Crippen molar-refractivity contribution in [3.8, 4) is 5.75 Å². The number of para-hydroxylation sites is 2. The lowest BCUT2D eigenvalue weighted by molar-refractivity contribution is -0.141. The SMILES string of the molecule is COC(=O)N1CCC(C(=O)N2CCC3(CC2)CC(=O)Nc2ccccc2O3)CC1. The van der Waals surface area contributed by atoms with Crippen LogP contribution in [-0.4, -0.2) is 66.6 Å². The van der Waals surface area contributed by atoms with Crippen molar-refractivity contribution in [2.45, 2.75) is 37.7 Å². The average Bonchev–Trinajstić information content (AvgIpc) is 2.88. The molecule has 4 rings (SSSR count). The van der Waals surface area contributed by atoms with Crippen molar-refractivity contribution in [2.24, 2.45) is 5.92 Å². The van der Waals surface area contributed by atoms with Crippen LogP contribution < -0.4 is 10.1 Å². The van der Waals surface area contributed by atoms with Gasteiger partial charge in [0.25, 0.3) is 0 Å². The molecule has 3 aliphatic heterocycles. The Balaban J connectivity index is 1.36. The van der Waals surface area contributed by atoms with Crippen LogP contribution in [0.25, 0.3) is 0 Å². The van der Waals surface area contributed by atoms with Crippen LogP contribution in [0.5, 0.6) is 5.75 Å². The number of hydrogen-bond acceptors (Lipinski definition) is 5. The molecule has 156 valence electrons. The predicted octanol–water partition coefficient (Wildman–Crippen LogP) is 2.25. The molecule has 0 unspecified atom stereocenters. The van der Waals surface area contributed by atoms with Gasteiger partial charge in [0.2, 0.25) is 11.8 Å². The lowest BCUT2D eigenvalue weighted by atomic mass is 9.86. The summed E-state index contributed by atoms with van der Waals surface area (Å²) >= 11 is 0. The first-order valence-corrected chi connectivity index (χ1v) is 10.2. The van der Waals surface area contributed by atoms with Crippen molar-refractivity contribution >= 4 is 23.6 Å². The molecule has 0 atom stereocenters. The van der Waals surface area contributed by atoms with Crippen LogP contribution in [0, 0.1) is 5.92 Å². The van der Waals surface area contributed by atoms with Gasteiger partial charge in [-0.3, -0.25) is 9.59 Å². The molecule has 3 amide bonds. The lowest BCUT2D eigenvalue weighted by Crippen LogP contribution is -2.52. The molecule has 1 aromatic carbocycles. The standard InChI is InChI=1S/C21H27N3O5/c1-28-20(27)24-10-6-15(7-11-24)19(26)23-12-8-21(9-13-23)14-18(25)22-16-4-2-3-5-17(16)29-21/h2-5,15H,6-14H2,1H3,(H,22,25). The maximum atomic E-state index is 13.0. The number of likely N-dealkylation sites (tertiary alicyclic amines) is 2. The molecule has 0 radical (unpaired) electrons. The number of carbonyl (C=O) groups excluding carboxylic acids is 3. The number of amides is 3. The highest BCUT2D eigenvalue weighted by Crippen LogP contribution is 2.38. The summed E-state index contributed by atoms with van der Waals surface area (Å²) in [5, 5.41) is 2.91. The predicted molar refractivity (Wildman–Crippen MR) is 106 cm³/mol. The van der Waals surface area contributed by atoms with E-state index in [4.69, 9.17) is 9.47 Å². The zero-order valence-corrected chi connectivity index (χ0v) is 16.7. The lowest BCUT2D eigenvalue weighted by Gasteiger charge is -2.42. The Morgan fingerprint density at radius 1 is 1.10 bits per heavy atom. The average molecular weight is 401 g/mol. The fourth-order valence-corrected chi connectivity index (χ4v) is 4.53. The van der Waals surface area contributed by atoms with Gasteiger partial charge >= 0.3 is 6.09 Å². The monoisotopic (exact) mass is 401 g/mol. The second-order valence-electron chi connectivity index (χ2n) is 8.06. The largest absolute Gasteiger partial charge is 0.484 e. The van der Waals surface area contributed by atoms with Crippen molar-refractivity contribution in [1.29, 1.82) is 0 Å². The molecule has 1 N–H and O–H groups in total. The molecule has 0 saturated carbocycles. The van der Waals surface area contributed by atoms with E-state index in [0.717, 1.165) is 0 Å². The van der Waals surface area contributed by atoms with E-state index < -0.39 is 5.60 Å². The van der Waals surface area contributed by atoms with Crippen LogP contribution >= 0.6 is 0 Å². The summed E-state index contributed by atoms with van der Waals surface area (Å²) < 4.78 is 11.1. The van der Waals surface area contributed by atoms with E-state index >= 15 is 0 Å². The number of rotatable bonds is 1. The third kappa shape index (κ3) is 4.02. The van der Waals surface area contributed by atoms with Crippen LogP contribution in [-0.2, 0) is 14.3 Å². The zero-order valence-electron chi connectivity index (χ0n) is 16.7. The fourth-order valence-electron chi connectivity index (χ4n) is 4.53. The molecule has 2 saturated heterocycles. The minimum absolute atomic E-state index is 0.0510. The van der Waals surface area contributed by atoms with Crippen LogP contribution in [0.15, 0.2) is 24.3 Å². The Kier molecular flexibility index (Phi) is 5.34. The minimum Gasteiger partial charge on any atom is -0.484 e. The number of ether oxygens (including phenoxy) is 2. The van der Waals surface area contributed by atoms with E-state index in [0.29, 0.717) is 69.7 Å². The van der Waals surface area contributed by atoms with Gasteiger partial charge in [0.1, 0.15) is 11.4 Å². The Hall–Kier alpha value is -2.77. The maximum absolute atomic E-state index is 13.0. The van der Waals surface area contributed by atoms with Crippen molar-refractivity contribution in [2.75, 3.05) is 38.6 Å². The smallest absolute Gasteiger partial charge is 0.409 e. The fraction of sp³-hybridized carbons (Fsp3) is 0.571. The van der Waals surface area contributed by atoms with E-state index in [-0.39, 0.29) is 23.8 Å². The van der Waals surface area contributed by atoms with Gasteiger partial charge < -0.3 is 24.6 Å². The van der Waals surface area contributed by atoms with Gasteiger partial charge in [-0.1, -0.05) is 12.1 Å². The van der Waals surface area contributed by atoms with Crippen LogP contribution in [0.2, 0.25) is 0 Å². The van der Waals surface area contributed by atoms with Gasteiger partial charge in [0, 0.05) is 44.9 Å². The van der Waals surface area contributed by atoms with E-state index in [2.05, 4.69) is 5.32 Å².